The molecule has 0 aliphatic rings. The van der Waals surface area contributed by atoms with Crippen LogP contribution in [0.1, 0.15) is 11.1 Å². The van der Waals surface area contributed by atoms with E-state index in [-0.39, 0.29) is 11.4 Å². The summed E-state index contributed by atoms with van der Waals surface area (Å²) in [6.45, 7) is 2.21. The molecular weight excluding hydrogens is 340 g/mol. The number of aryl methyl sites for hydroxylation is 1. The number of benzene rings is 2. The predicted molar refractivity (Wildman–Crippen MR) is 83.8 cm³/mol. The molecule has 106 valence electrons. The lowest BCUT2D eigenvalue weighted by Crippen LogP contribution is -2.23. The van der Waals surface area contributed by atoms with Crippen molar-refractivity contribution in [3.05, 3.63) is 58.1 Å². The largest absolute Gasteiger partial charge is 0.399 e. The van der Waals surface area contributed by atoms with Gasteiger partial charge in [0.05, 0.1) is 4.90 Å². The number of rotatable bonds is 4. The molecule has 0 spiro atoms. The predicted octanol–water partition coefficient (Wildman–Crippen LogP) is 2.82. The second-order valence-corrected chi connectivity index (χ2v) is 7.09. The van der Waals surface area contributed by atoms with E-state index in [2.05, 4.69) is 20.7 Å². The molecule has 0 aliphatic heterocycles. The van der Waals surface area contributed by atoms with Gasteiger partial charge in [0.2, 0.25) is 10.0 Å². The zero-order valence-corrected chi connectivity index (χ0v) is 13.3. The molecule has 6 heteroatoms. The summed E-state index contributed by atoms with van der Waals surface area (Å²) in [5, 5.41) is 0. The van der Waals surface area contributed by atoms with Crippen LogP contribution in [0.3, 0.4) is 0 Å². The highest BCUT2D eigenvalue weighted by atomic mass is 79.9. The average Bonchev–Trinajstić information content (AvgIpc) is 2.39. The Kier molecular flexibility index (Phi) is 4.47. The molecule has 0 saturated heterocycles. The van der Waals surface area contributed by atoms with E-state index >= 15 is 0 Å². The number of sulfonamides is 1. The Morgan fingerprint density at radius 3 is 2.65 bits per heavy atom. The molecule has 0 amide bonds. The van der Waals surface area contributed by atoms with Crippen molar-refractivity contribution >= 4 is 31.6 Å². The van der Waals surface area contributed by atoms with Crippen LogP contribution in [0.15, 0.2) is 51.8 Å². The number of nitrogens with two attached hydrogens (primary N) is 1. The van der Waals surface area contributed by atoms with Gasteiger partial charge in [-0.25, -0.2) is 13.1 Å². The van der Waals surface area contributed by atoms with Crippen LogP contribution in [-0.4, -0.2) is 8.42 Å². The molecule has 0 aliphatic carbocycles. The Hall–Kier alpha value is -1.37. The molecule has 20 heavy (non-hydrogen) atoms. The van der Waals surface area contributed by atoms with Gasteiger partial charge in [-0.1, -0.05) is 29.8 Å². The molecule has 3 N–H and O–H groups in total. The molecule has 4 nitrogen and oxygen atoms in total. The van der Waals surface area contributed by atoms with E-state index in [0.717, 1.165) is 11.1 Å². The standard InChI is InChI=1S/C14H15BrN2O2S/c1-10-3-2-4-11(7-10)9-17-20(18,19)14-8-12(16)5-6-13(14)15/h2-8,17H,9,16H2,1H3. The number of anilines is 1. The quantitative estimate of drug-likeness (QED) is 0.829. The molecule has 0 saturated carbocycles. The summed E-state index contributed by atoms with van der Waals surface area (Å²) >= 11 is 3.23. The molecule has 2 rings (SSSR count). The third-order valence-electron chi connectivity index (χ3n) is 2.79. The molecule has 0 atom stereocenters. The van der Waals surface area contributed by atoms with E-state index in [9.17, 15) is 8.42 Å². The molecule has 0 unspecified atom stereocenters. The monoisotopic (exact) mass is 354 g/mol. The smallest absolute Gasteiger partial charge is 0.242 e. The van der Waals surface area contributed by atoms with E-state index in [1.807, 2.05) is 31.2 Å². The lowest BCUT2D eigenvalue weighted by Gasteiger charge is -2.09. The summed E-state index contributed by atoms with van der Waals surface area (Å²) in [6, 6.07) is 12.4. The topological polar surface area (TPSA) is 72.2 Å². The van der Waals surface area contributed by atoms with Crippen LogP contribution >= 0.6 is 15.9 Å². The molecule has 0 aromatic heterocycles. The van der Waals surface area contributed by atoms with Crippen molar-refractivity contribution < 1.29 is 8.42 Å². The van der Waals surface area contributed by atoms with Gasteiger partial charge in [0.1, 0.15) is 0 Å². The van der Waals surface area contributed by atoms with Crippen molar-refractivity contribution in [2.24, 2.45) is 0 Å². The van der Waals surface area contributed by atoms with Gasteiger partial charge in [-0.05, 0) is 46.6 Å². The van der Waals surface area contributed by atoms with Gasteiger partial charge in [0.25, 0.3) is 0 Å². The van der Waals surface area contributed by atoms with Crippen molar-refractivity contribution in [3.63, 3.8) is 0 Å². The molecule has 0 radical (unpaired) electrons. The second-order valence-electron chi connectivity index (χ2n) is 4.50. The van der Waals surface area contributed by atoms with Crippen LogP contribution in [0.25, 0.3) is 0 Å². The summed E-state index contributed by atoms with van der Waals surface area (Å²) in [4.78, 5) is 0.144. The maximum absolute atomic E-state index is 12.3. The van der Waals surface area contributed by atoms with Gasteiger partial charge in [0, 0.05) is 16.7 Å². The number of hydrogen-bond acceptors (Lipinski definition) is 3. The third kappa shape index (κ3) is 3.59. The Morgan fingerprint density at radius 2 is 1.95 bits per heavy atom. The number of nitrogens with one attached hydrogen (secondary N) is 1. The molecule has 0 fully saturated rings. The second kappa shape index (κ2) is 5.95. The van der Waals surface area contributed by atoms with Gasteiger partial charge < -0.3 is 5.73 Å². The summed E-state index contributed by atoms with van der Waals surface area (Å²) in [6.07, 6.45) is 0. The average molecular weight is 355 g/mol. The third-order valence-corrected chi connectivity index (χ3v) is 5.19. The molecule has 0 bridgehead atoms. The lowest BCUT2D eigenvalue weighted by atomic mass is 10.1. The molecule has 0 heterocycles. The van der Waals surface area contributed by atoms with E-state index < -0.39 is 10.0 Å². The first-order valence-electron chi connectivity index (χ1n) is 5.99. The van der Waals surface area contributed by atoms with Crippen molar-refractivity contribution in [1.29, 1.82) is 0 Å². The first-order chi connectivity index (χ1) is 9.38. The maximum atomic E-state index is 12.3. The van der Waals surface area contributed by atoms with Gasteiger partial charge in [-0.3, -0.25) is 0 Å². The van der Waals surface area contributed by atoms with E-state index in [0.29, 0.717) is 10.2 Å². The molecular formula is C14H15BrN2O2S. The SMILES string of the molecule is Cc1cccc(CNS(=O)(=O)c2cc(N)ccc2Br)c1. The van der Waals surface area contributed by atoms with Crippen molar-refractivity contribution in [2.75, 3.05) is 5.73 Å². The van der Waals surface area contributed by atoms with Crippen LogP contribution in [-0.2, 0) is 16.6 Å². The summed E-state index contributed by atoms with van der Waals surface area (Å²) in [7, 11) is -3.60. The minimum absolute atomic E-state index is 0.144. The Morgan fingerprint density at radius 1 is 1.20 bits per heavy atom. The normalized spacial score (nSPS) is 11.5. The maximum Gasteiger partial charge on any atom is 0.242 e. The van der Waals surface area contributed by atoms with Crippen molar-refractivity contribution in [2.45, 2.75) is 18.4 Å². The lowest BCUT2D eigenvalue weighted by molar-refractivity contribution is 0.581. The molecule has 2 aromatic rings. The highest BCUT2D eigenvalue weighted by molar-refractivity contribution is 9.10. The number of nitrogen functional groups attached to an aromatic ring is 1. The number of halogens is 1. The van der Waals surface area contributed by atoms with Gasteiger partial charge >= 0.3 is 0 Å². The summed E-state index contributed by atoms with van der Waals surface area (Å²) in [5.41, 5.74) is 8.05. The first kappa shape index (κ1) is 15.0. The van der Waals surface area contributed by atoms with Gasteiger partial charge in [-0.2, -0.15) is 0 Å². The van der Waals surface area contributed by atoms with E-state index in [1.165, 1.54) is 6.07 Å². The fourth-order valence-corrected chi connectivity index (χ4v) is 3.82. The van der Waals surface area contributed by atoms with E-state index in [1.54, 1.807) is 12.1 Å². The highest BCUT2D eigenvalue weighted by Gasteiger charge is 2.17. The van der Waals surface area contributed by atoms with Crippen LogP contribution in [0.4, 0.5) is 5.69 Å². The van der Waals surface area contributed by atoms with Crippen molar-refractivity contribution in [1.82, 2.24) is 4.72 Å². The number of hydrogen-bond donors (Lipinski definition) is 2. The Bertz CT molecular complexity index is 730. The minimum Gasteiger partial charge on any atom is -0.399 e. The summed E-state index contributed by atoms with van der Waals surface area (Å²) in [5.74, 6) is 0. The van der Waals surface area contributed by atoms with E-state index in [4.69, 9.17) is 5.73 Å². The van der Waals surface area contributed by atoms with Crippen LogP contribution in [0.5, 0.6) is 0 Å². The molecule has 2 aromatic carbocycles. The fraction of sp³-hybridized carbons (Fsp3) is 0.143. The summed E-state index contributed by atoms with van der Waals surface area (Å²) < 4.78 is 27.6. The van der Waals surface area contributed by atoms with Crippen LogP contribution < -0.4 is 10.5 Å². The zero-order chi connectivity index (χ0) is 14.8. The first-order valence-corrected chi connectivity index (χ1v) is 8.26. The van der Waals surface area contributed by atoms with Crippen LogP contribution in [0.2, 0.25) is 0 Å². The van der Waals surface area contributed by atoms with Crippen LogP contribution in [0, 0.1) is 6.92 Å². The highest BCUT2D eigenvalue weighted by Crippen LogP contribution is 2.24. The van der Waals surface area contributed by atoms with Gasteiger partial charge in [-0.15, -0.1) is 0 Å². The Labute approximate surface area is 127 Å². The Balaban J connectivity index is 2.21. The van der Waals surface area contributed by atoms with Crippen molar-refractivity contribution in [3.8, 4) is 0 Å². The minimum atomic E-state index is -3.60. The van der Waals surface area contributed by atoms with Gasteiger partial charge in [0.15, 0.2) is 0 Å². The zero-order valence-electron chi connectivity index (χ0n) is 10.9. The fourth-order valence-electron chi connectivity index (χ4n) is 1.80.